The van der Waals surface area contributed by atoms with Gasteiger partial charge in [-0.1, -0.05) is 12.8 Å². The van der Waals surface area contributed by atoms with Gasteiger partial charge in [-0.2, -0.15) is 5.26 Å². The van der Waals surface area contributed by atoms with Crippen LogP contribution in [-0.2, 0) is 4.79 Å². The fourth-order valence-electron chi connectivity index (χ4n) is 2.34. The number of nitriles is 1. The Kier molecular flexibility index (Phi) is 4.11. The summed E-state index contributed by atoms with van der Waals surface area (Å²) in [5, 5.41) is 12.1. The summed E-state index contributed by atoms with van der Waals surface area (Å²) in [6.07, 6.45) is 3.13. The van der Waals surface area contributed by atoms with E-state index in [9.17, 15) is 10.1 Å². The number of nitrogens with one attached hydrogen (secondary N) is 1. The molecule has 1 N–H and O–H groups in total. The SMILES string of the molecule is COc1ccc(Br)c(NC(=O)C2(C#N)CCCC2)c1. The Morgan fingerprint density at radius 3 is 2.74 bits per heavy atom. The van der Waals surface area contributed by atoms with Crippen LogP contribution in [0.15, 0.2) is 22.7 Å². The second-order valence-corrected chi connectivity index (χ2v) is 5.56. The molecule has 1 fully saturated rings. The van der Waals surface area contributed by atoms with E-state index in [1.807, 2.05) is 6.07 Å². The Morgan fingerprint density at radius 1 is 1.47 bits per heavy atom. The molecule has 1 saturated carbocycles. The van der Waals surface area contributed by atoms with Gasteiger partial charge in [0.05, 0.1) is 18.9 Å². The minimum atomic E-state index is -0.873. The third-order valence-electron chi connectivity index (χ3n) is 3.53. The van der Waals surface area contributed by atoms with Crippen molar-refractivity contribution in [2.45, 2.75) is 25.7 Å². The van der Waals surface area contributed by atoms with Gasteiger partial charge in [0.15, 0.2) is 0 Å². The van der Waals surface area contributed by atoms with Gasteiger partial charge in [0.1, 0.15) is 11.2 Å². The van der Waals surface area contributed by atoms with Crippen molar-refractivity contribution in [3.05, 3.63) is 22.7 Å². The number of ether oxygens (including phenoxy) is 1. The summed E-state index contributed by atoms with van der Waals surface area (Å²) in [4.78, 5) is 12.3. The zero-order valence-corrected chi connectivity index (χ0v) is 12.3. The van der Waals surface area contributed by atoms with Crippen molar-refractivity contribution >= 4 is 27.5 Å². The molecule has 0 spiro atoms. The first-order valence-electron chi connectivity index (χ1n) is 6.17. The first kappa shape index (κ1) is 13.9. The Balaban J connectivity index is 2.21. The summed E-state index contributed by atoms with van der Waals surface area (Å²) in [7, 11) is 1.57. The quantitative estimate of drug-likeness (QED) is 0.926. The highest BCUT2D eigenvalue weighted by molar-refractivity contribution is 9.10. The molecule has 1 aromatic carbocycles. The molecule has 1 aliphatic carbocycles. The average Bonchev–Trinajstić information content (AvgIpc) is 2.91. The van der Waals surface area contributed by atoms with Crippen molar-refractivity contribution in [1.29, 1.82) is 5.26 Å². The fraction of sp³-hybridized carbons (Fsp3) is 0.429. The lowest BCUT2D eigenvalue weighted by Crippen LogP contribution is -2.32. The average molecular weight is 323 g/mol. The van der Waals surface area contributed by atoms with Crippen LogP contribution < -0.4 is 10.1 Å². The predicted molar refractivity (Wildman–Crippen MR) is 75.8 cm³/mol. The summed E-state index contributed by atoms with van der Waals surface area (Å²) in [6, 6.07) is 7.53. The van der Waals surface area contributed by atoms with E-state index in [-0.39, 0.29) is 5.91 Å². The molecule has 0 unspecified atom stereocenters. The van der Waals surface area contributed by atoms with E-state index < -0.39 is 5.41 Å². The molecule has 19 heavy (non-hydrogen) atoms. The second-order valence-electron chi connectivity index (χ2n) is 4.70. The van der Waals surface area contributed by atoms with Crippen molar-refractivity contribution in [3.63, 3.8) is 0 Å². The molecule has 0 heterocycles. The summed E-state index contributed by atoms with van der Waals surface area (Å²) >= 11 is 3.38. The number of hydrogen-bond donors (Lipinski definition) is 1. The van der Waals surface area contributed by atoms with E-state index in [1.54, 1.807) is 19.2 Å². The molecule has 100 valence electrons. The molecule has 5 heteroatoms. The Bertz CT molecular complexity index is 531. The van der Waals surface area contributed by atoms with Gasteiger partial charge < -0.3 is 10.1 Å². The molecule has 0 aromatic heterocycles. The van der Waals surface area contributed by atoms with E-state index in [0.29, 0.717) is 24.3 Å². The lowest BCUT2D eigenvalue weighted by atomic mass is 9.87. The molecule has 0 radical (unpaired) electrons. The predicted octanol–water partition coefficient (Wildman–Crippen LogP) is 3.48. The molecule has 4 nitrogen and oxygen atoms in total. The molecule has 0 atom stereocenters. The summed E-state index contributed by atoms with van der Waals surface area (Å²) in [6.45, 7) is 0. The Hall–Kier alpha value is -1.54. The lowest BCUT2D eigenvalue weighted by molar-refractivity contribution is -0.122. The van der Waals surface area contributed by atoms with Crippen LogP contribution in [0.25, 0.3) is 0 Å². The van der Waals surface area contributed by atoms with Crippen molar-refractivity contribution in [2.75, 3.05) is 12.4 Å². The number of methoxy groups -OCH3 is 1. The number of amides is 1. The van der Waals surface area contributed by atoms with Crippen LogP contribution in [0.3, 0.4) is 0 Å². The minimum absolute atomic E-state index is 0.221. The van der Waals surface area contributed by atoms with Gasteiger partial charge >= 0.3 is 0 Å². The number of carbonyl (C=O) groups is 1. The third kappa shape index (κ3) is 2.74. The molecule has 0 bridgehead atoms. The van der Waals surface area contributed by atoms with Gasteiger partial charge in [-0.05, 0) is 40.9 Å². The standard InChI is InChI=1S/C14H15BrN2O2/c1-19-10-4-5-11(15)12(8-10)17-13(18)14(9-16)6-2-3-7-14/h4-5,8H,2-3,6-7H2,1H3,(H,17,18). The van der Waals surface area contributed by atoms with E-state index in [2.05, 4.69) is 27.3 Å². The smallest absolute Gasteiger partial charge is 0.244 e. The van der Waals surface area contributed by atoms with Gasteiger partial charge in [0.2, 0.25) is 5.91 Å². The van der Waals surface area contributed by atoms with Crippen molar-refractivity contribution < 1.29 is 9.53 Å². The van der Waals surface area contributed by atoms with Crippen molar-refractivity contribution in [1.82, 2.24) is 0 Å². The number of carbonyl (C=O) groups excluding carboxylic acids is 1. The molecule has 1 aromatic rings. The zero-order valence-electron chi connectivity index (χ0n) is 10.7. The Labute approximate surface area is 120 Å². The number of rotatable bonds is 3. The van der Waals surface area contributed by atoms with Crippen LogP contribution >= 0.6 is 15.9 Å². The molecular weight excluding hydrogens is 308 g/mol. The second kappa shape index (κ2) is 5.62. The monoisotopic (exact) mass is 322 g/mol. The van der Waals surface area contributed by atoms with Gasteiger partial charge in [0.25, 0.3) is 0 Å². The van der Waals surface area contributed by atoms with Crippen LogP contribution in [0.2, 0.25) is 0 Å². The van der Waals surface area contributed by atoms with Crippen LogP contribution in [0.5, 0.6) is 5.75 Å². The highest BCUT2D eigenvalue weighted by atomic mass is 79.9. The van der Waals surface area contributed by atoms with E-state index in [1.165, 1.54) is 0 Å². The van der Waals surface area contributed by atoms with E-state index in [0.717, 1.165) is 17.3 Å². The van der Waals surface area contributed by atoms with Crippen LogP contribution in [0.1, 0.15) is 25.7 Å². The number of hydrogen-bond acceptors (Lipinski definition) is 3. The maximum atomic E-state index is 12.3. The van der Waals surface area contributed by atoms with Crippen LogP contribution in [0, 0.1) is 16.7 Å². The van der Waals surface area contributed by atoms with E-state index >= 15 is 0 Å². The van der Waals surface area contributed by atoms with Gasteiger partial charge in [0, 0.05) is 10.5 Å². The number of benzene rings is 1. The molecular formula is C14H15BrN2O2. The highest BCUT2D eigenvalue weighted by Gasteiger charge is 2.41. The van der Waals surface area contributed by atoms with E-state index in [4.69, 9.17) is 4.74 Å². The fourth-order valence-corrected chi connectivity index (χ4v) is 2.68. The number of anilines is 1. The maximum Gasteiger partial charge on any atom is 0.244 e. The normalized spacial score (nSPS) is 16.7. The van der Waals surface area contributed by atoms with Crippen LogP contribution in [0.4, 0.5) is 5.69 Å². The summed E-state index contributed by atoms with van der Waals surface area (Å²) in [5.74, 6) is 0.442. The largest absolute Gasteiger partial charge is 0.497 e. The lowest BCUT2D eigenvalue weighted by Gasteiger charge is -2.20. The van der Waals surface area contributed by atoms with Gasteiger partial charge in [-0.3, -0.25) is 4.79 Å². The Morgan fingerprint density at radius 2 is 2.16 bits per heavy atom. The summed E-state index contributed by atoms with van der Waals surface area (Å²) in [5.41, 5.74) is -0.242. The topological polar surface area (TPSA) is 62.1 Å². The number of nitrogens with zero attached hydrogens (tertiary/aromatic N) is 1. The first-order chi connectivity index (χ1) is 9.11. The first-order valence-corrected chi connectivity index (χ1v) is 6.97. The van der Waals surface area contributed by atoms with Crippen molar-refractivity contribution in [2.24, 2.45) is 5.41 Å². The molecule has 1 amide bonds. The van der Waals surface area contributed by atoms with Gasteiger partial charge in [-0.25, -0.2) is 0 Å². The molecule has 0 saturated heterocycles. The molecule has 1 aliphatic rings. The van der Waals surface area contributed by atoms with Crippen molar-refractivity contribution in [3.8, 4) is 11.8 Å². The summed E-state index contributed by atoms with van der Waals surface area (Å²) < 4.78 is 5.90. The van der Waals surface area contributed by atoms with Gasteiger partial charge in [-0.15, -0.1) is 0 Å². The zero-order chi connectivity index (χ0) is 13.9. The third-order valence-corrected chi connectivity index (χ3v) is 4.22. The molecule has 2 rings (SSSR count). The maximum absolute atomic E-state index is 12.3. The van der Waals surface area contributed by atoms with Crippen LogP contribution in [-0.4, -0.2) is 13.0 Å². The molecule has 0 aliphatic heterocycles. The highest BCUT2D eigenvalue weighted by Crippen LogP contribution is 2.39. The minimum Gasteiger partial charge on any atom is -0.497 e. The number of halogens is 1.